The van der Waals surface area contributed by atoms with Crippen molar-refractivity contribution < 1.29 is 4.74 Å². The molecular weight excluding hydrogens is 445 g/mol. The highest BCUT2D eigenvalue weighted by atomic mass is 127. The highest BCUT2D eigenvalue weighted by Crippen LogP contribution is 2.31. The van der Waals surface area contributed by atoms with Gasteiger partial charge in [0.15, 0.2) is 5.96 Å². The first-order chi connectivity index (χ1) is 10.7. The van der Waals surface area contributed by atoms with Crippen molar-refractivity contribution in [1.82, 2.24) is 5.32 Å². The van der Waals surface area contributed by atoms with Crippen LogP contribution in [0.1, 0.15) is 22.9 Å². The number of nitrogens with zero attached hydrogens (tertiary/aromatic N) is 1. The second kappa shape index (κ2) is 8.75. The number of halogens is 2. The molecule has 0 spiro atoms. The van der Waals surface area contributed by atoms with Crippen LogP contribution in [0.3, 0.4) is 0 Å². The van der Waals surface area contributed by atoms with Gasteiger partial charge < -0.3 is 15.8 Å². The number of guanidine groups is 1. The van der Waals surface area contributed by atoms with Gasteiger partial charge in [0, 0.05) is 29.8 Å². The third-order valence-electron chi connectivity index (χ3n) is 3.55. The molecule has 3 N–H and O–H groups in total. The molecule has 2 heterocycles. The van der Waals surface area contributed by atoms with Gasteiger partial charge >= 0.3 is 0 Å². The SMILES string of the molecule is I.NC(=NCCc1ccc(Cl)s1)NC1CCOc2ccccc21. The van der Waals surface area contributed by atoms with Crippen molar-refractivity contribution >= 4 is 52.9 Å². The third kappa shape index (κ3) is 4.99. The van der Waals surface area contributed by atoms with Crippen molar-refractivity contribution in [2.45, 2.75) is 18.9 Å². The van der Waals surface area contributed by atoms with Gasteiger partial charge in [-0.05, 0) is 18.2 Å². The van der Waals surface area contributed by atoms with Gasteiger partial charge in [0.1, 0.15) is 5.75 Å². The van der Waals surface area contributed by atoms with Crippen molar-refractivity contribution in [3.63, 3.8) is 0 Å². The van der Waals surface area contributed by atoms with Gasteiger partial charge in [-0.25, -0.2) is 0 Å². The minimum absolute atomic E-state index is 0. The molecule has 0 fully saturated rings. The second-order valence-electron chi connectivity index (χ2n) is 5.09. The molecule has 1 aliphatic rings. The lowest BCUT2D eigenvalue weighted by molar-refractivity contribution is 0.262. The molecule has 1 atom stereocenters. The summed E-state index contributed by atoms with van der Waals surface area (Å²) in [7, 11) is 0. The van der Waals surface area contributed by atoms with Crippen LogP contribution in [0.25, 0.3) is 0 Å². The molecule has 1 aliphatic heterocycles. The number of nitrogens with one attached hydrogen (secondary N) is 1. The van der Waals surface area contributed by atoms with Crippen LogP contribution in [0.15, 0.2) is 41.4 Å². The highest BCUT2D eigenvalue weighted by molar-refractivity contribution is 14.0. The van der Waals surface area contributed by atoms with E-state index in [1.165, 1.54) is 4.88 Å². The zero-order valence-corrected chi connectivity index (χ0v) is 16.4. The monoisotopic (exact) mass is 463 g/mol. The Hall–Kier alpha value is -0.990. The number of hydrogen-bond acceptors (Lipinski definition) is 3. The Labute approximate surface area is 162 Å². The lowest BCUT2D eigenvalue weighted by Gasteiger charge is -2.26. The van der Waals surface area contributed by atoms with Crippen LogP contribution in [0, 0.1) is 0 Å². The lowest BCUT2D eigenvalue weighted by atomic mass is 10.0. The summed E-state index contributed by atoms with van der Waals surface area (Å²) in [6.45, 7) is 1.34. The highest BCUT2D eigenvalue weighted by Gasteiger charge is 2.21. The van der Waals surface area contributed by atoms with Crippen molar-refractivity contribution in [3.8, 4) is 5.75 Å². The van der Waals surface area contributed by atoms with Gasteiger partial charge in [-0.3, -0.25) is 4.99 Å². The molecule has 1 aromatic carbocycles. The fourth-order valence-electron chi connectivity index (χ4n) is 2.49. The van der Waals surface area contributed by atoms with E-state index < -0.39 is 0 Å². The normalized spacial score (nSPS) is 16.9. The first-order valence-electron chi connectivity index (χ1n) is 7.25. The zero-order chi connectivity index (χ0) is 15.4. The Kier molecular flexibility index (Phi) is 6.98. The molecule has 4 nitrogen and oxygen atoms in total. The summed E-state index contributed by atoms with van der Waals surface area (Å²) < 4.78 is 6.45. The number of ether oxygens (including phenoxy) is 1. The Morgan fingerprint density at radius 3 is 2.96 bits per heavy atom. The predicted molar refractivity (Wildman–Crippen MR) is 107 cm³/mol. The second-order valence-corrected chi connectivity index (χ2v) is 6.89. The molecule has 3 rings (SSSR count). The van der Waals surface area contributed by atoms with Crippen LogP contribution in [0.4, 0.5) is 0 Å². The predicted octanol–water partition coefficient (Wildman–Crippen LogP) is 3.99. The van der Waals surface area contributed by atoms with E-state index in [0.717, 1.165) is 28.5 Å². The van der Waals surface area contributed by atoms with E-state index >= 15 is 0 Å². The molecule has 0 saturated carbocycles. The summed E-state index contributed by atoms with van der Waals surface area (Å²) in [6.07, 6.45) is 1.73. The maximum Gasteiger partial charge on any atom is 0.189 e. The molecular formula is C16H19ClIN3OS. The summed E-state index contributed by atoms with van der Waals surface area (Å²) in [4.78, 5) is 5.62. The largest absolute Gasteiger partial charge is 0.493 e. The lowest BCUT2D eigenvalue weighted by Crippen LogP contribution is -2.37. The van der Waals surface area contributed by atoms with Crippen LogP contribution >= 0.6 is 46.9 Å². The zero-order valence-electron chi connectivity index (χ0n) is 12.5. The Balaban J connectivity index is 0.00000192. The maximum atomic E-state index is 6.01. The van der Waals surface area contributed by atoms with E-state index in [4.69, 9.17) is 22.1 Å². The third-order valence-corrected chi connectivity index (χ3v) is 4.84. The van der Waals surface area contributed by atoms with Gasteiger partial charge in [-0.1, -0.05) is 29.8 Å². The van der Waals surface area contributed by atoms with E-state index in [2.05, 4.69) is 16.4 Å². The van der Waals surface area contributed by atoms with Crippen LogP contribution in [0.5, 0.6) is 5.75 Å². The molecule has 23 heavy (non-hydrogen) atoms. The number of nitrogens with two attached hydrogens (primary N) is 1. The molecule has 0 saturated heterocycles. The molecule has 1 aromatic heterocycles. The fourth-order valence-corrected chi connectivity index (χ4v) is 3.57. The summed E-state index contributed by atoms with van der Waals surface area (Å²) in [5.74, 6) is 1.40. The molecule has 0 amide bonds. The standard InChI is InChI=1S/C16H18ClN3OS.HI/c17-15-6-5-11(22-15)7-9-19-16(18)20-13-8-10-21-14-4-2-1-3-12(13)14;/h1-6,13H,7-10H2,(H3,18,19,20);1H. The van der Waals surface area contributed by atoms with Gasteiger partial charge in [0.2, 0.25) is 0 Å². The smallest absolute Gasteiger partial charge is 0.189 e. The summed E-state index contributed by atoms with van der Waals surface area (Å²) in [5, 5.41) is 3.29. The Morgan fingerprint density at radius 2 is 2.17 bits per heavy atom. The van der Waals surface area contributed by atoms with Crippen LogP contribution in [-0.4, -0.2) is 19.1 Å². The van der Waals surface area contributed by atoms with E-state index in [9.17, 15) is 0 Å². The van der Waals surface area contributed by atoms with Crippen molar-refractivity contribution in [3.05, 3.63) is 51.2 Å². The molecule has 0 radical (unpaired) electrons. The summed E-state index contributed by atoms with van der Waals surface area (Å²) in [6, 6.07) is 12.1. The summed E-state index contributed by atoms with van der Waals surface area (Å²) >= 11 is 7.50. The number of hydrogen-bond donors (Lipinski definition) is 2. The summed E-state index contributed by atoms with van der Waals surface area (Å²) in [5.41, 5.74) is 7.14. The van der Waals surface area contributed by atoms with Gasteiger partial charge in [0.25, 0.3) is 0 Å². The van der Waals surface area contributed by atoms with Gasteiger partial charge in [0.05, 0.1) is 17.0 Å². The van der Waals surface area contributed by atoms with Crippen molar-refractivity contribution in [2.75, 3.05) is 13.2 Å². The number of fused-ring (bicyclic) bond motifs is 1. The minimum atomic E-state index is 0. The van der Waals surface area contributed by atoms with Gasteiger partial charge in [-0.2, -0.15) is 0 Å². The van der Waals surface area contributed by atoms with Crippen molar-refractivity contribution in [2.24, 2.45) is 10.7 Å². The Morgan fingerprint density at radius 1 is 1.35 bits per heavy atom. The minimum Gasteiger partial charge on any atom is -0.493 e. The number of benzene rings is 1. The molecule has 0 bridgehead atoms. The number of thiophene rings is 1. The van der Waals surface area contributed by atoms with Crippen LogP contribution < -0.4 is 15.8 Å². The van der Waals surface area contributed by atoms with E-state index in [1.807, 2.05) is 30.3 Å². The molecule has 0 aliphatic carbocycles. The van der Waals surface area contributed by atoms with Crippen LogP contribution in [-0.2, 0) is 6.42 Å². The van der Waals surface area contributed by atoms with Crippen molar-refractivity contribution in [1.29, 1.82) is 0 Å². The number of aliphatic imine (C=N–C) groups is 1. The van der Waals surface area contributed by atoms with E-state index in [0.29, 0.717) is 19.1 Å². The van der Waals surface area contributed by atoms with E-state index in [1.54, 1.807) is 11.3 Å². The topological polar surface area (TPSA) is 59.6 Å². The first-order valence-corrected chi connectivity index (χ1v) is 8.44. The average molecular weight is 464 g/mol. The molecule has 7 heteroatoms. The maximum absolute atomic E-state index is 6.01. The molecule has 124 valence electrons. The molecule has 1 unspecified atom stereocenters. The number of para-hydroxylation sites is 1. The van der Waals surface area contributed by atoms with E-state index in [-0.39, 0.29) is 30.0 Å². The van der Waals surface area contributed by atoms with Crippen LogP contribution in [0.2, 0.25) is 4.34 Å². The van der Waals surface area contributed by atoms with Gasteiger partial charge in [-0.15, -0.1) is 35.3 Å². The fraction of sp³-hybridized carbons (Fsp3) is 0.312. The number of rotatable bonds is 4. The Bertz CT molecular complexity index is 677. The molecule has 2 aromatic rings. The quantitative estimate of drug-likeness (QED) is 0.409. The first kappa shape index (κ1) is 18.4. The average Bonchev–Trinajstić information content (AvgIpc) is 2.93.